The minimum Gasteiger partial charge on any atom is -0.356 e. The third-order valence-corrected chi connectivity index (χ3v) is 5.60. The van der Waals surface area contributed by atoms with Gasteiger partial charge in [0, 0.05) is 62.8 Å². The van der Waals surface area contributed by atoms with Crippen molar-refractivity contribution in [2.24, 2.45) is 5.92 Å². The second-order valence-corrected chi connectivity index (χ2v) is 7.70. The van der Waals surface area contributed by atoms with Crippen LogP contribution in [0.5, 0.6) is 0 Å². The number of hydrogen-bond donors (Lipinski definition) is 1. The lowest BCUT2D eigenvalue weighted by molar-refractivity contribution is -0.125. The van der Waals surface area contributed by atoms with Gasteiger partial charge in [-0.1, -0.05) is 6.07 Å². The molecule has 1 amide bonds. The molecule has 4 heterocycles. The molecule has 7 heteroatoms. The van der Waals surface area contributed by atoms with Gasteiger partial charge in [-0.15, -0.1) is 0 Å². The highest BCUT2D eigenvalue weighted by atomic mass is 16.1. The molecule has 2 aromatic rings. The number of pyridine rings is 1. The number of piperidine rings is 1. The van der Waals surface area contributed by atoms with Crippen LogP contribution in [0.15, 0.2) is 30.6 Å². The van der Waals surface area contributed by atoms with Crippen LogP contribution in [0.3, 0.4) is 0 Å². The molecule has 148 valence electrons. The fourth-order valence-electron chi connectivity index (χ4n) is 3.96. The number of aryl methyl sites for hydroxylation is 1. The van der Waals surface area contributed by atoms with Crippen LogP contribution in [0.2, 0.25) is 0 Å². The summed E-state index contributed by atoms with van der Waals surface area (Å²) in [6.45, 7) is 6.35. The standard InChI is InChI=1S/C21H28N6O/c1-16-13-19(26-9-2-3-10-26)25-21(24-16)27-11-6-18(7-12-27)20(28)23-15-17-5-4-8-22-14-17/h4-5,8,13-14,18H,2-3,6-7,9-12,15H2,1H3,(H,23,28). The van der Waals surface area contributed by atoms with E-state index in [4.69, 9.17) is 4.98 Å². The van der Waals surface area contributed by atoms with Crippen LogP contribution in [0.25, 0.3) is 0 Å². The third kappa shape index (κ3) is 4.40. The predicted molar refractivity (Wildman–Crippen MR) is 109 cm³/mol. The Labute approximate surface area is 166 Å². The maximum absolute atomic E-state index is 12.5. The highest BCUT2D eigenvalue weighted by Gasteiger charge is 2.27. The second-order valence-electron chi connectivity index (χ2n) is 7.70. The first-order chi connectivity index (χ1) is 13.7. The quantitative estimate of drug-likeness (QED) is 0.858. The van der Waals surface area contributed by atoms with E-state index in [-0.39, 0.29) is 11.8 Å². The van der Waals surface area contributed by atoms with E-state index >= 15 is 0 Å². The third-order valence-electron chi connectivity index (χ3n) is 5.60. The highest BCUT2D eigenvalue weighted by molar-refractivity contribution is 5.78. The van der Waals surface area contributed by atoms with E-state index in [9.17, 15) is 4.79 Å². The second kappa shape index (κ2) is 8.54. The zero-order valence-electron chi connectivity index (χ0n) is 16.5. The van der Waals surface area contributed by atoms with Crippen LogP contribution >= 0.6 is 0 Å². The summed E-state index contributed by atoms with van der Waals surface area (Å²) >= 11 is 0. The Bertz CT molecular complexity index is 798. The number of aromatic nitrogens is 3. The van der Waals surface area contributed by atoms with Gasteiger partial charge in [-0.05, 0) is 44.2 Å². The van der Waals surface area contributed by atoms with Crippen molar-refractivity contribution in [2.45, 2.75) is 39.2 Å². The Hall–Kier alpha value is -2.70. The Morgan fingerprint density at radius 2 is 1.93 bits per heavy atom. The van der Waals surface area contributed by atoms with Gasteiger partial charge in [0.2, 0.25) is 11.9 Å². The van der Waals surface area contributed by atoms with Gasteiger partial charge < -0.3 is 15.1 Å². The Morgan fingerprint density at radius 1 is 1.14 bits per heavy atom. The van der Waals surface area contributed by atoms with Gasteiger partial charge >= 0.3 is 0 Å². The Morgan fingerprint density at radius 3 is 2.64 bits per heavy atom. The molecular formula is C21H28N6O. The molecule has 1 N–H and O–H groups in total. The molecule has 0 bridgehead atoms. The van der Waals surface area contributed by atoms with Gasteiger partial charge in [-0.3, -0.25) is 9.78 Å². The summed E-state index contributed by atoms with van der Waals surface area (Å²) in [4.78, 5) is 30.6. The highest BCUT2D eigenvalue weighted by Crippen LogP contribution is 2.25. The first kappa shape index (κ1) is 18.7. The molecule has 0 atom stereocenters. The fourth-order valence-corrected chi connectivity index (χ4v) is 3.96. The average molecular weight is 380 g/mol. The molecule has 2 aromatic heterocycles. The smallest absolute Gasteiger partial charge is 0.227 e. The number of carbonyl (C=O) groups is 1. The van der Waals surface area contributed by atoms with Crippen molar-refractivity contribution in [1.82, 2.24) is 20.3 Å². The topological polar surface area (TPSA) is 74.2 Å². The lowest BCUT2D eigenvalue weighted by Gasteiger charge is -2.32. The largest absolute Gasteiger partial charge is 0.356 e. The monoisotopic (exact) mass is 380 g/mol. The summed E-state index contributed by atoms with van der Waals surface area (Å²) in [5, 5.41) is 3.04. The molecule has 0 spiro atoms. The van der Waals surface area contributed by atoms with Gasteiger partial charge in [-0.25, -0.2) is 4.98 Å². The van der Waals surface area contributed by atoms with Crippen molar-refractivity contribution in [2.75, 3.05) is 36.0 Å². The van der Waals surface area contributed by atoms with Gasteiger partial charge in [0.05, 0.1) is 0 Å². The van der Waals surface area contributed by atoms with Crippen LogP contribution in [0.4, 0.5) is 11.8 Å². The molecule has 2 aliphatic heterocycles. The lowest BCUT2D eigenvalue weighted by atomic mass is 9.96. The van der Waals surface area contributed by atoms with Gasteiger partial charge in [-0.2, -0.15) is 4.98 Å². The normalized spacial score (nSPS) is 17.8. The molecule has 28 heavy (non-hydrogen) atoms. The first-order valence-corrected chi connectivity index (χ1v) is 10.2. The molecule has 0 aliphatic carbocycles. The number of hydrogen-bond acceptors (Lipinski definition) is 6. The summed E-state index contributed by atoms with van der Waals surface area (Å²) < 4.78 is 0. The number of amides is 1. The van der Waals surface area contributed by atoms with E-state index in [0.717, 1.165) is 62.0 Å². The maximum Gasteiger partial charge on any atom is 0.227 e. The zero-order valence-corrected chi connectivity index (χ0v) is 16.5. The summed E-state index contributed by atoms with van der Waals surface area (Å²) in [6.07, 6.45) is 7.65. The number of rotatable bonds is 5. The van der Waals surface area contributed by atoms with E-state index in [1.165, 1.54) is 12.8 Å². The van der Waals surface area contributed by atoms with E-state index in [2.05, 4.69) is 31.2 Å². The van der Waals surface area contributed by atoms with Gasteiger partial charge in [0.1, 0.15) is 5.82 Å². The van der Waals surface area contributed by atoms with Crippen molar-refractivity contribution < 1.29 is 4.79 Å². The minimum atomic E-state index is 0.0517. The zero-order chi connectivity index (χ0) is 19.3. The van der Waals surface area contributed by atoms with Crippen LogP contribution in [0.1, 0.15) is 36.9 Å². The molecule has 0 saturated carbocycles. The molecule has 2 aliphatic rings. The molecule has 7 nitrogen and oxygen atoms in total. The molecular weight excluding hydrogens is 352 g/mol. The van der Waals surface area contributed by atoms with E-state index in [0.29, 0.717) is 6.54 Å². The molecule has 2 fully saturated rings. The molecule has 0 radical (unpaired) electrons. The van der Waals surface area contributed by atoms with Crippen LogP contribution in [-0.4, -0.2) is 47.0 Å². The Kier molecular flexibility index (Phi) is 5.69. The Balaban J connectivity index is 1.33. The molecule has 2 saturated heterocycles. The van der Waals surface area contributed by atoms with E-state index in [1.54, 1.807) is 12.4 Å². The number of nitrogens with one attached hydrogen (secondary N) is 1. The maximum atomic E-state index is 12.5. The van der Waals surface area contributed by atoms with E-state index < -0.39 is 0 Å². The summed E-state index contributed by atoms with van der Waals surface area (Å²) in [7, 11) is 0. The van der Waals surface area contributed by atoms with Gasteiger partial charge in [0.15, 0.2) is 0 Å². The molecule has 4 rings (SSSR count). The molecule has 0 aromatic carbocycles. The fraction of sp³-hybridized carbons (Fsp3) is 0.524. The van der Waals surface area contributed by atoms with Crippen molar-refractivity contribution in [3.05, 3.63) is 41.9 Å². The van der Waals surface area contributed by atoms with Crippen molar-refractivity contribution in [3.63, 3.8) is 0 Å². The van der Waals surface area contributed by atoms with Crippen LogP contribution in [-0.2, 0) is 11.3 Å². The summed E-state index contributed by atoms with van der Waals surface area (Å²) in [6, 6.07) is 5.94. The number of anilines is 2. The minimum absolute atomic E-state index is 0.0517. The summed E-state index contributed by atoms with van der Waals surface area (Å²) in [5.74, 6) is 2.02. The van der Waals surface area contributed by atoms with Crippen LogP contribution < -0.4 is 15.1 Å². The number of nitrogens with zero attached hydrogens (tertiary/aromatic N) is 5. The molecule has 0 unspecified atom stereocenters. The lowest BCUT2D eigenvalue weighted by Crippen LogP contribution is -2.41. The van der Waals surface area contributed by atoms with Crippen LogP contribution in [0, 0.1) is 12.8 Å². The number of carbonyl (C=O) groups excluding carboxylic acids is 1. The summed E-state index contributed by atoms with van der Waals surface area (Å²) in [5.41, 5.74) is 2.03. The van der Waals surface area contributed by atoms with Crippen molar-refractivity contribution in [1.29, 1.82) is 0 Å². The van der Waals surface area contributed by atoms with Gasteiger partial charge in [0.25, 0.3) is 0 Å². The van der Waals surface area contributed by atoms with Crippen molar-refractivity contribution in [3.8, 4) is 0 Å². The predicted octanol–water partition coefficient (Wildman–Crippen LogP) is 2.31. The SMILES string of the molecule is Cc1cc(N2CCCC2)nc(N2CCC(C(=O)NCc3cccnc3)CC2)n1. The average Bonchev–Trinajstić information content (AvgIpc) is 3.27. The van der Waals surface area contributed by atoms with E-state index in [1.807, 2.05) is 19.1 Å². The first-order valence-electron chi connectivity index (χ1n) is 10.2. The van der Waals surface area contributed by atoms with Crippen molar-refractivity contribution >= 4 is 17.7 Å².